The average molecular weight is 436 g/mol. The molecule has 1 aliphatic rings. The molecule has 0 aliphatic carbocycles. The number of benzene rings is 2. The maximum atomic E-state index is 13.0. The van der Waals surface area contributed by atoms with Gasteiger partial charge in [-0.25, -0.2) is 0 Å². The van der Waals surface area contributed by atoms with Gasteiger partial charge in [0.15, 0.2) is 0 Å². The van der Waals surface area contributed by atoms with Crippen LogP contribution >= 0.6 is 0 Å². The van der Waals surface area contributed by atoms with Gasteiger partial charge < -0.3 is 19.4 Å². The minimum absolute atomic E-state index is 0.0370. The van der Waals surface area contributed by atoms with Gasteiger partial charge in [-0.05, 0) is 42.3 Å². The highest BCUT2D eigenvalue weighted by atomic mass is 16.5. The number of rotatable bonds is 8. The molecule has 0 radical (unpaired) electrons. The van der Waals surface area contributed by atoms with Gasteiger partial charge in [0.2, 0.25) is 5.91 Å². The molecular weight excluding hydrogens is 406 g/mol. The molecular formula is C25H29N3O4. The third-order valence-corrected chi connectivity index (χ3v) is 5.85. The van der Waals surface area contributed by atoms with E-state index in [0.717, 1.165) is 49.5 Å². The van der Waals surface area contributed by atoms with Crippen LogP contribution in [0.2, 0.25) is 0 Å². The van der Waals surface area contributed by atoms with Gasteiger partial charge in [-0.3, -0.25) is 14.5 Å². The number of methoxy groups -OCH3 is 1. The zero-order valence-electron chi connectivity index (χ0n) is 18.4. The number of ether oxygens (including phenoxy) is 2. The van der Waals surface area contributed by atoms with E-state index in [-0.39, 0.29) is 11.5 Å². The van der Waals surface area contributed by atoms with E-state index in [1.54, 1.807) is 11.7 Å². The quantitative estimate of drug-likeness (QED) is 0.589. The second-order valence-electron chi connectivity index (χ2n) is 7.93. The van der Waals surface area contributed by atoms with E-state index in [2.05, 4.69) is 10.2 Å². The molecule has 1 aliphatic heterocycles. The average Bonchev–Trinajstić information content (AvgIpc) is 2.84. The predicted octanol–water partition coefficient (Wildman–Crippen LogP) is 2.91. The summed E-state index contributed by atoms with van der Waals surface area (Å²) in [6, 6.07) is 15.1. The lowest BCUT2D eigenvalue weighted by atomic mass is 10.1. The number of carbonyl (C=O) groups excluding carboxylic acids is 1. The van der Waals surface area contributed by atoms with E-state index in [1.165, 1.54) is 0 Å². The molecule has 1 aromatic heterocycles. The van der Waals surface area contributed by atoms with E-state index in [9.17, 15) is 9.59 Å². The molecule has 1 fully saturated rings. The number of carbonyl (C=O) groups is 1. The van der Waals surface area contributed by atoms with Crippen molar-refractivity contribution >= 4 is 22.4 Å². The lowest BCUT2D eigenvalue weighted by molar-refractivity contribution is -0.116. The number of pyridine rings is 1. The summed E-state index contributed by atoms with van der Waals surface area (Å²) in [5, 5.41) is 4.35. The highest BCUT2D eigenvalue weighted by Crippen LogP contribution is 2.21. The molecule has 0 saturated carbocycles. The van der Waals surface area contributed by atoms with Gasteiger partial charge in [-0.15, -0.1) is 0 Å². The molecule has 168 valence electrons. The van der Waals surface area contributed by atoms with Gasteiger partial charge in [0, 0.05) is 55.3 Å². The summed E-state index contributed by atoms with van der Waals surface area (Å²) in [5.74, 6) is 0.717. The van der Waals surface area contributed by atoms with Crippen molar-refractivity contribution in [3.05, 3.63) is 70.6 Å². The number of aryl methyl sites for hydroxylation is 1. The second kappa shape index (κ2) is 10.4. The first-order chi connectivity index (χ1) is 15.6. The van der Waals surface area contributed by atoms with Crippen molar-refractivity contribution in [3.8, 4) is 5.75 Å². The fourth-order valence-corrected chi connectivity index (χ4v) is 3.94. The summed E-state index contributed by atoms with van der Waals surface area (Å²) in [4.78, 5) is 27.9. The molecule has 1 saturated heterocycles. The molecule has 2 aromatic carbocycles. The van der Waals surface area contributed by atoms with E-state index in [1.807, 2.05) is 54.7 Å². The van der Waals surface area contributed by atoms with Gasteiger partial charge >= 0.3 is 0 Å². The number of nitrogens with zero attached hydrogens (tertiary/aromatic N) is 2. The van der Waals surface area contributed by atoms with Crippen LogP contribution in [0.3, 0.4) is 0 Å². The van der Waals surface area contributed by atoms with Crippen molar-refractivity contribution in [2.24, 2.45) is 0 Å². The van der Waals surface area contributed by atoms with Crippen LogP contribution in [0.4, 0.5) is 5.69 Å². The Balaban J connectivity index is 1.41. The molecule has 7 heteroatoms. The van der Waals surface area contributed by atoms with Gasteiger partial charge in [-0.2, -0.15) is 0 Å². The summed E-state index contributed by atoms with van der Waals surface area (Å²) in [6.07, 6.45) is 2.81. The number of anilines is 1. The van der Waals surface area contributed by atoms with Crippen LogP contribution in [0, 0.1) is 0 Å². The Morgan fingerprint density at radius 3 is 2.56 bits per heavy atom. The summed E-state index contributed by atoms with van der Waals surface area (Å²) in [5.41, 5.74) is 1.70. The smallest absolute Gasteiger partial charge is 0.258 e. The third kappa shape index (κ3) is 5.36. The fourth-order valence-electron chi connectivity index (χ4n) is 3.94. The molecule has 32 heavy (non-hydrogen) atoms. The molecule has 7 nitrogen and oxygen atoms in total. The first-order valence-electron chi connectivity index (χ1n) is 11.0. The molecule has 2 heterocycles. The number of hydrogen-bond acceptors (Lipinski definition) is 5. The lowest BCUT2D eigenvalue weighted by Crippen LogP contribution is -2.39. The number of morpholine rings is 1. The third-order valence-electron chi connectivity index (χ3n) is 5.85. The first kappa shape index (κ1) is 22.0. The first-order valence-corrected chi connectivity index (χ1v) is 11.0. The maximum absolute atomic E-state index is 13.0. The number of amides is 1. The lowest BCUT2D eigenvalue weighted by Gasteiger charge is -2.26. The van der Waals surface area contributed by atoms with Crippen LogP contribution in [0.5, 0.6) is 5.75 Å². The highest BCUT2D eigenvalue weighted by Gasteiger charge is 2.12. The molecule has 0 unspecified atom stereocenters. The molecule has 1 amide bonds. The zero-order chi connectivity index (χ0) is 22.3. The normalized spacial score (nSPS) is 14.4. The van der Waals surface area contributed by atoms with Crippen molar-refractivity contribution in [3.63, 3.8) is 0 Å². The Morgan fingerprint density at radius 2 is 1.81 bits per heavy atom. The topological polar surface area (TPSA) is 72.8 Å². The van der Waals surface area contributed by atoms with Crippen LogP contribution in [0.15, 0.2) is 59.5 Å². The Kier molecular flexibility index (Phi) is 7.19. The molecule has 0 bridgehead atoms. The molecule has 4 rings (SSSR count). The summed E-state index contributed by atoms with van der Waals surface area (Å²) in [7, 11) is 1.63. The second-order valence-corrected chi connectivity index (χ2v) is 7.93. The molecule has 1 N–H and O–H groups in total. The Hall–Kier alpha value is -3.16. The molecule has 0 spiro atoms. The van der Waals surface area contributed by atoms with Gasteiger partial charge in [0.1, 0.15) is 5.75 Å². The number of aromatic nitrogens is 1. The van der Waals surface area contributed by atoms with Crippen molar-refractivity contribution in [2.75, 3.05) is 45.3 Å². The van der Waals surface area contributed by atoms with Crippen LogP contribution in [-0.2, 0) is 22.5 Å². The van der Waals surface area contributed by atoms with Gasteiger partial charge in [-0.1, -0.05) is 18.2 Å². The van der Waals surface area contributed by atoms with E-state index in [0.29, 0.717) is 30.5 Å². The van der Waals surface area contributed by atoms with E-state index in [4.69, 9.17) is 9.47 Å². The van der Waals surface area contributed by atoms with Crippen LogP contribution in [0.1, 0.15) is 12.0 Å². The maximum Gasteiger partial charge on any atom is 0.258 e. The summed E-state index contributed by atoms with van der Waals surface area (Å²) < 4.78 is 12.3. The minimum atomic E-state index is -0.0789. The number of nitrogens with one attached hydrogen (secondary N) is 1. The summed E-state index contributed by atoms with van der Waals surface area (Å²) in [6.45, 7) is 4.73. The Labute approximate surface area is 187 Å². The molecule has 0 atom stereocenters. The van der Waals surface area contributed by atoms with Crippen LogP contribution in [-0.4, -0.2) is 55.3 Å². The Bertz CT molecular complexity index is 1120. The largest absolute Gasteiger partial charge is 0.497 e. The standard InChI is InChI=1S/C25H29N3O4/c1-31-20-8-5-19(6-9-20)7-10-24(29)26-23-4-2-3-22-21(23)11-12-28(25(22)30)14-13-27-15-17-32-18-16-27/h2-6,8-9,11-12H,7,10,13-18H2,1H3,(H,26,29). The van der Waals surface area contributed by atoms with Crippen LogP contribution in [0.25, 0.3) is 10.8 Å². The van der Waals surface area contributed by atoms with Gasteiger partial charge in [0.25, 0.3) is 5.56 Å². The zero-order valence-corrected chi connectivity index (χ0v) is 18.4. The fraction of sp³-hybridized carbons (Fsp3) is 0.360. The SMILES string of the molecule is COc1ccc(CCC(=O)Nc2cccc3c(=O)n(CCN4CCOCC4)ccc23)cc1. The highest BCUT2D eigenvalue weighted by molar-refractivity contribution is 6.01. The van der Waals surface area contributed by atoms with Crippen LogP contribution < -0.4 is 15.6 Å². The van der Waals surface area contributed by atoms with Crippen molar-refractivity contribution in [1.29, 1.82) is 0 Å². The van der Waals surface area contributed by atoms with Gasteiger partial charge in [0.05, 0.1) is 20.3 Å². The number of hydrogen-bond donors (Lipinski definition) is 1. The van der Waals surface area contributed by atoms with Crippen molar-refractivity contribution in [2.45, 2.75) is 19.4 Å². The Morgan fingerprint density at radius 1 is 1.03 bits per heavy atom. The monoisotopic (exact) mass is 435 g/mol. The van der Waals surface area contributed by atoms with E-state index < -0.39 is 0 Å². The predicted molar refractivity (Wildman–Crippen MR) is 125 cm³/mol. The number of fused-ring (bicyclic) bond motifs is 1. The van der Waals surface area contributed by atoms with E-state index >= 15 is 0 Å². The summed E-state index contributed by atoms with van der Waals surface area (Å²) >= 11 is 0. The van der Waals surface area contributed by atoms with Crippen molar-refractivity contribution < 1.29 is 14.3 Å². The molecule has 3 aromatic rings. The minimum Gasteiger partial charge on any atom is -0.497 e. The van der Waals surface area contributed by atoms with Crippen molar-refractivity contribution in [1.82, 2.24) is 9.47 Å².